The standard InChI is InChI=1S/C17H23N3O2S.C6H8O7/c1-13-5-6-16(22-13)12-20(11-15-4-3-7-21-15)10-14-8-18-17(23-2)19-9-14;7-3(8)1-6(13,5(11)12)2-4(9)10/h5-6,8-9,15H,3-4,7,10-12H2,1-2H3;13H,1-2H2,(H,7,8)(H,9,10)(H,11,12). The van der Waals surface area contributed by atoms with E-state index < -0.39 is 36.4 Å². The molecular formula is C23H31N3O9S. The molecule has 0 aliphatic carbocycles. The van der Waals surface area contributed by atoms with Crippen LogP contribution in [0.15, 0.2) is 34.1 Å². The number of hydrogen-bond acceptors (Lipinski definition) is 10. The van der Waals surface area contributed by atoms with Crippen LogP contribution < -0.4 is 0 Å². The van der Waals surface area contributed by atoms with Gasteiger partial charge >= 0.3 is 17.9 Å². The lowest BCUT2D eigenvalue weighted by molar-refractivity contribution is -0.170. The number of aromatic nitrogens is 2. The van der Waals surface area contributed by atoms with Crippen LogP contribution in [0.4, 0.5) is 0 Å². The fourth-order valence-electron chi connectivity index (χ4n) is 3.55. The van der Waals surface area contributed by atoms with Crippen LogP contribution in [0.5, 0.6) is 0 Å². The molecule has 4 N–H and O–H groups in total. The van der Waals surface area contributed by atoms with Crippen molar-refractivity contribution in [2.45, 2.75) is 62.6 Å². The van der Waals surface area contributed by atoms with E-state index in [1.807, 2.05) is 37.7 Å². The van der Waals surface area contributed by atoms with E-state index in [9.17, 15) is 14.4 Å². The van der Waals surface area contributed by atoms with Gasteiger partial charge in [0.25, 0.3) is 0 Å². The van der Waals surface area contributed by atoms with Crippen molar-refractivity contribution >= 4 is 29.7 Å². The SMILES string of the molecule is CSc1ncc(CN(Cc2ccc(C)o2)CC2CCCO2)cn1.O=C(O)CC(O)(CC(=O)O)C(=O)O. The van der Waals surface area contributed by atoms with Crippen LogP contribution >= 0.6 is 11.8 Å². The number of rotatable bonds is 12. The van der Waals surface area contributed by atoms with Crippen LogP contribution in [0.25, 0.3) is 0 Å². The maximum absolute atomic E-state index is 10.3. The molecule has 36 heavy (non-hydrogen) atoms. The van der Waals surface area contributed by atoms with Crippen molar-refractivity contribution in [1.29, 1.82) is 0 Å². The van der Waals surface area contributed by atoms with Crippen molar-refractivity contribution in [3.8, 4) is 0 Å². The number of carboxylic acid groups (broad SMARTS) is 3. The second-order valence-corrected chi connectivity index (χ2v) is 9.15. The lowest BCUT2D eigenvalue weighted by Gasteiger charge is -2.24. The molecule has 2 aromatic heterocycles. The first-order chi connectivity index (χ1) is 17.0. The second kappa shape index (κ2) is 13.9. The number of aryl methyl sites for hydroxylation is 1. The quantitative estimate of drug-likeness (QED) is 0.233. The lowest BCUT2D eigenvalue weighted by Crippen LogP contribution is -2.42. The fourth-order valence-corrected chi connectivity index (χ4v) is 3.87. The number of hydrogen-bond donors (Lipinski definition) is 4. The van der Waals surface area contributed by atoms with E-state index in [4.69, 9.17) is 29.6 Å². The number of aliphatic hydroxyl groups is 1. The normalized spacial score (nSPS) is 15.4. The van der Waals surface area contributed by atoms with Crippen LogP contribution in [-0.2, 0) is 32.2 Å². The molecule has 0 spiro atoms. The van der Waals surface area contributed by atoms with Gasteiger partial charge in [-0.3, -0.25) is 14.5 Å². The molecule has 1 aliphatic rings. The number of carboxylic acids is 3. The van der Waals surface area contributed by atoms with E-state index in [-0.39, 0.29) is 0 Å². The Hall–Kier alpha value is -3.00. The summed E-state index contributed by atoms with van der Waals surface area (Å²) in [7, 11) is 0. The number of aliphatic carboxylic acids is 3. The molecule has 1 unspecified atom stereocenters. The zero-order valence-electron chi connectivity index (χ0n) is 20.1. The van der Waals surface area contributed by atoms with Crippen molar-refractivity contribution in [3.63, 3.8) is 0 Å². The third-order valence-corrected chi connectivity index (χ3v) is 5.79. The maximum atomic E-state index is 10.3. The van der Waals surface area contributed by atoms with Gasteiger partial charge in [0.2, 0.25) is 0 Å². The number of nitrogens with zero attached hydrogens (tertiary/aromatic N) is 3. The minimum atomic E-state index is -2.74. The molecule has 0 bridgehead atoms. The highest BCUT2D eigenvalue weighted by atomic mass is 32.2. The van der Waals surface area contributed by atoms with E-state index >= 15 is 0 Å². The Morgan fingerprint density at radius 3 is 2.19 bits per heavy atom. The van der Waals surface area contributed by atoms with E-state index in [1.54, 1.807) is 11.8 Å². The third kappa shape index (κ3) is 9.93. The first-order valence-electron chi connectivity index (χ1n) is 11.1. The maximum Gasteiger partial charge on any atom is 0.336 e. The first-order valence-corrected chi connectivity index (χ1v) is 12.4. The Morgan fingerprint density at radius 2 is 1.75 bits per heavy atom. The van der Waals surface area contributed by atoms with Crippen molar-refractivity contribution in [3.05, 3.63) is 41.6 Å². The van der Waals surface area contributed by atoms with Gasteiger partial charge in [0.05, 0.1) is 25.5 Å². The molecule has 2 aromatic rings. The molecule has 3 rings (SSSR count). The summed E-state index contributed by atoms with van der Waals surface area (Å²) >= 11 is 1.56. The molecule has 1 fully saturated rings. The highest BCUT2D eigenvalue weighted by Gasteiger charge is 2.40. The predicted molar refractivity (Wildman–Crippen MR) is 127 cm³/mol. The molecule has 1 aliphatic heterocycles. The molecule has 3 heterocycles. The van der Waals surface area contributed by atoms with Gasteiger partial charge in [-0.15, -0.1) is 0 Å². The topological polar surface area (TPSA) is 184 Å². The Morgan fingerprint density at radius 1 is 1.11 bits per heavy atom. The summed E-state index contributed by atoms with van der Waals surface area (Å²) in [5, 5.41) is 34.6. The van der Waals surface area contributed by atoms with E-state index in [0.29, 0.717) is 6.10 Å². The van der Waals surface area contributed by atoms with Crippen molar-refractivity contribution < 1.29 is 44.0 Å². The molecule has 0 radical (unpaired) electrons. The monoisotopic (exact) mass is 525 g/mol. The van der Waals surface area contributed by atoms with Gasteiger partial charge in [0.15, 0.2) is 10.8 Å². The van der Waals surface area contributed by atoms with Crippen LogP contribution in [-0.4, -0.2) is 84.3 Å². The number of carbonyl (C=O) groups is 3. The summed E-state index contributed by atoms with van der Waals surface area (Å²) in [6, 6.07) is 4.06. The first kappa shape index (κ1) is 29.2. The molecule has 0 amide bonds. The number of ether oxygens (including phenoxy) is 1. The third-order valence-electron chi connectivity index (χ3n) is 5.22. The van der Waals surface area contributed by atoms with Gasteiger partial charge in [0, 0.05) is 37.7 Å². The fraction of sp³-hybridized carbons (Fsp3) is 0.522. The van der Waals surface area contributed by atoms with Gasteiger partial charge in [-0.05, 0) is 38.2 Å². The zero-order chi connectivity index (χ0) is 26.7. The van der Waals surface area contributed by atoms with Crippen LogP contribution in [0, 0.1) is 6.92 Å². The predicted octanol–water partition coefficient (Wildman–Crippen LogP) is 2.03. The second-order valence-electron chi connectivity index (χ2n) is 8.37. The summed E-state index contributed by atoms with van der Waals surface area (Å²) in [4.78, 5) is 41.6. The van der Waals surface area contributed by atoms with Crippen molar-refractivity contribution in [2.24, 2.45) is 0 Å². The molecule has 0 saturated carbocycles. The van der Waals surface area contributed by atoms with E-state index in [2.05, 4.69) is 14.9 Å². The lowest BCUT2D eigenvalue weighted by atomic mass is 9.96. The molecular weight excluding hydrogens is 494 g/mol. The summed E-state index contributed by atoms with van der Waals surface area (Å²) < 4.78 is 11.5. The van der Waals surface area contributed by atoms with Crippen LogP contribution in [0.3, 0.4) is 0 Å². The molecule has 198 valence electrons. The molecule has 12 nitrogen and oxygen atoms in total. The van der Waals surface area contributed by atoms with E-state index in [1.165, 1.54) is 0 Å². The number of thioether (sulfide) groups is 1. The number of furan rings is 1. The van der Waals surface area contributed by atoms with Gasteiger partial charge in [-0.25, -0.2) is 14.8 Å². The molecule has 1 saturated heterocycles. The smallest absolute Gasteiger partial charge is 0.336 e. The van der Waals surface area contributed by atoms with Crippen molar-refractivity contribution in [1.82, 2.24) is 14.9 Å². The van der Waals surface area contributed by atoms with Gasteiger partial charge < -0.3 is 29.6 Å². The Balaban J connectivity index is 0.000000302. The minimum absolute atomic E-state index is 0.317. The average Bonchev–Trinajstić information content (AvgIpc) is 3.45. The van der Waals surface area contributed by atoms with Crippen molar-refractivity contribution in [2.75, 3.05) is 19.4 Å². The average molecular weight is 526 g/mol. The van der Waals surface area contributed by atoms with Gasteiger partial charge in [-0.1, -0.05) is 11.8 Å². The zero-order valence-corrected chi connectivity index (χ0v) is 20.9. The highest BCUT2D eigenvalue weighted by Crippen LogP contribution is 2.19. The van der Waals surface area contributed by atoms with Gasteiger partial charge in [0.1, 0.15) is 11.5 Å². The summed E-state index contributed by atoms with van der Waals surface area (Å²) in [6.45, 7) is 5.34. The largest absolute Gasteiger partial charge is 0.481 e. The van der Waals surface area contributed by atoms with E-state index in [0.717, 1.165) is 61.3 Å². The van der Waals surface area contributed by atoms with Crippen LogP contribution in [0.2, 0.25) is 0 Å². The Kier molecular flexibility index (Phi) is 11.3. The summed E-state index contributed by atoms with van der Waals surface area (Å²) in [5.74, 6) is -3.08. The van der Waals surface area contributed by atoms with Crippen LogP contribution in [0.1, 0.15) is 42.8 Å². The summed E-state index contributed by atoms with van der Waals surface area (Å²) in [6.07, 6.45) is 6.13. The molecule has 13 heteroatoms. The highest BCUT2D eigenvalue weighted by molar-refractivity contribution is 7.98. The van der Waals surface area contributed by atoms with Gasteiger partial charge in [-0.2, -0.15) is 0 Å². The molecule has 0 aromatic carbocycles. The Labute approximate surface area is 212 Å². The minimum Gasteiger partial charge on any atom is -0.481 e. The summed E-state index contributed by atoms with van der Waals surface area (Å²) in [5.41, 5.74) is -1.62. The Bertz CT molecular complexity index is 991. The molecule has 1 atom stereocenters.